The highest BCUT2D eigenvalue weighted by molar-refractivity contribution is 6.12. The summed E-state index contributed by atoms with van der Waals surface area (Å²) in [4.78, 5) is 35.0. The van der Waals surface area contributed by atoms with Crippen LogP contribution in [-0.4, -0.2) is 55.8 Å². The second kappa shape index (κ2) is 5.94. The van der Waals surface area contributed by atoms with Crippen molar-refractivity contribution in [3.8, 4) is 0 Å². The number of hydrogen-bond acceptors (Lipinski definition) is 6. The molecule has 7 heteroatoms. The van der Waals surface area contributed by atoms with Gasteiger partial charge < -0.3 is 14.2 Å². The predicted molar refractivity (Wildman–Crippen MR) is 61.7 cm³/mol. The van der Waals surface area contributed by atoms with Crippen LogP contribution in [0.15, 0.2) is 12.2 Å². The topological polar surface area (TPSA) is 82.1 Å². The van der Waals surface area contributed by atoms with Crippen LogP contribution in [0.2, 0.25) is 0 Å². The van der Waals surface area contributed by atoms with Crippen LogP contribution in [0.5, 0.6) is 0 Å². The Bertz CT molecular complexity index is 392. The maximum Gasteiger partial charge on any atom is 0.313 e. The highest BCUT2D eigenvalue weighted by Gasteiger charge is 2.30. The van der Waals surface area contributed by atoms with E-state index in [0.29, 0.717) is 6.42 Å². The van der Waals surface area contributed by atoms with Gasteiger partial charge in [0.1, 0.15) is 5.92 Å². The molecule has 2 amide bonds. The van der Waals surface area contributed by atoms with Crippen molar-refractivity contribution in [3.63, 3.8) is 0 Å². The van der Waals surface area contributed by atoms with Gasteiger partial charge in [-0.3, -0.25) is 19.3 Å². The van der Waals surface area contributed by atoms with Gasteiger partial charge in [-0.1, -0.05) is 0 Å². The molecule has 0 spiro atoms. The van der Waals surface area contributed by atoms with Crippen molar-refractivity contribution in [1.29, 1.82) is 0 Å². The van der Waals surface area contributed by atoms with Crippen LogP contribution < -0.4 is 0 Å². The molecule has 0 unspecified atom stereocenters. The lowest BCUT2D eigenvalue weighted by Gasteiger charge is -2.28. The predicted octanol–water partition coefficient (Wildman–Crippen LogP) is -0.536. The van der Waals surface area contributed by atoms with Gasteiger partial charge in [0.25, 0.3) is 11.8 Å². The molecular weight excluding hydrogens is 254 g/mol. The van der Waals surface area contributed by atoms with E-state index >= 15 is 0 Å². The second-order valence-electron chi connectivity index (χ2n) is 4.27. The minimum atomic E-state index is -0.512. The average Bonchev–Trinajstić information content (AvgIpc) is 2.75. The Morgan fingerprint density at radius 3 is 2.42 bits per heavy atom. The Kier molecular flexibility index (Phi) is 4.28. The Balaban J connectivity index is 1.73. The van der Waals surface area contributed by atoms with Crippen molar-refractivity contribution < 1.29 is 28.6 Å². The van der Waals surface area contributed by atoms with Crippen LogP contribution in [0.3, 0.4) is 0 Å². The van der Waals surface area contributed by atoms with Gasteiger partial charge in [0.05, 0.1) is 20.3 Å². The number of esters is 1. The summed E-state index contributed by atoms with van der Waals surface area (Å²) >= 11 is 0. The van der Waals surface area contributed by atoms with Crippen LogP contribution in [0.25, 0.3) is 0 Å². The van der Waals surface area contributed by atoms with E-state index in [-0.39, 0.29) is 37.5 Å². The smallest absolute Gasteiger partial charge is 0.313 e. The van der Waals surface area contributed by atoms with Crippen molar-refractivity contribution in [3.05, 3.63) is 12.2 Å². The minimum Gasteiger partial charge on any atom is -0.469 e. The molecule has 2 heterocycles. The molecule has 0 bridgehead atoms. The molecule has 104 valence electrons. The molecule has 0 aliphatic carbocycles. The zero-order chi connectivity index (χ0) is 13.8. The number of rotatable bonds is 4. The van der Waals surface area contributed by atoms with Crippen LogP contribution in [0, 0.1) is 5.92 Å². The highest BCUT2D eigenvalue weighted by atomic mass is 16.7. The average molecular weight is 269 g/mol. The summed E-state index contributed by atoms with van der Waals surface area (Å²) in [5.74, 6) is -1.44. The summed E-state index contributed by atoms with van der Waals surface area (Å²) in [6.07, 6.45) is 2.34. The molecule has 0 N–H and O–H groups in total. The molecule has 0 aromatic rings. The van der Waals surface area contributed by atoms with Gasteiger partial charge in [-0.25, -0.2) is 0 Å². The second-order valence-corrected chi connectivity index (χ2v) is 4.27. The molecule has 2 rings (SSSR count). The van der Waals surface area contributed by atoms with E-state index < -0.39 is 12.2 Å². The lowest BCUT2D eigenvalue weighted by atomic mass is 10.1. The first-order chi connectivity index (χ1) is 9.11. The first-order valence-electron chi connectivity index (χ1n) is 5.96. The third-order valence-electron chi connectivity index (χ3n) is 2.99. The molecule has 0 atom stereocenters. The molecule has 0 aromatic heterocycles. The number of hydrogen-bond donors (Lipinski definition) is 0. The van der Waals surface area contributed by atoms with Crippen LogP contribution >= 0.6 is 0 Å². The Morgan fingerprint density at radius 2 is 1.89 bits per heavy atom. The van der Waals surface area contributed by atoms with Gasteiger partial charge in [0, 0.05) is 25.1 Å². The Morgan fingerprint density at radius 1 is 1.32 bits per heavy atom. The van der Waals surface area contributed by atoms with E-state index in [2.05, 4.69) is 4.74 Å². The van der Waals surface area contributed by atoms with Gasteiger partial charge >= 0.3 is 5.97 Å². The highest BCUT2D eigenvalue weighted by Crippen LogP contribution is 2.16. The van der Waals surface area contributed by atoms with E-state index in [0.717, 1.165) is 4.90 Å². The molecule has 1 saturated heterocycles. The maximum atomic E-state index is 11.3. The zero-order valence-electron chi connectivity index (χ0n) is 10.5. The van der Waals surface area contributed by atoms with E-state index in [4.69, 9.17) is 9.47 Å². The fourth-order valence-electron chi connectivity index (χ4n) is 1.90. The Hall–Kier alpha value is -1.73. The molecule has 2 aliphatic heterocycles. The molecule has 19 heavy (non-hydrogen) atoms. The van der Waals surface area contributed by atoms with E-state index in [1.165, 1.54) is 19.3 Å². The molecule has 1 fully saturated rings. The number of imide groups is 1. The number of amides is 2. The SMILES string of the molecule is COC(=O)C1COC(CCN2C(=O)C=CC2=O)OC1. The quantitative estimate of drug-likeness (QED) is 0.504. The number of nitrogens with zero attached hydrogens (tertiary/aromatic N) is 1. The van der Waals surface area contributed by atoms with Gasteiger partial charge in [-0.15, -0.1) is 0 Å². The van der Waals surface area contributed by atoms with E-state index in [1.807, 2.05) is 0 Å². The number of carbonyl (C=O) groups is 3. The van der Waals surface area contributed by atoms with Crippen molar-refractivity contribution in [2.75, 3.05) is 26.9 Å². The fourth-order valence-corrected chi connectivity index (χ4v) is 1.90. The van der Waals surface area contributed by atoms with Crippen molar-refractivity contribution in [2.24, 2.45) is 5.92 Å². The molecule has 0 radical (unpaired) electrons. The normalized spacial score (nSPS) is 26.9. The van der Waals surface area contributed by atoms with Gasteiger partial charge in [-0.05, 0) is 0 Å². The molecule has 0 aromatic carbocycles. The number of ether oxygens (including phenoxy) is 3. The molecule has 0 saturated carbocycles. The fraction of sp³-hybridized carbons (Fsp3) is 0.583. The summed E-state index contributed by atoms with van der Waals surface area (Å²) in [5, 5.41) is 0. The largest absolute Gasteiger partial charge is 0.469 e. The monoisotopic (exact) mass is 269 g/mol. The van der Waals surface area contributed by atoms with E-state index in [1.54, 1.807) is 0 Å². The van der Waals surface area contributed by atoms with Gasteiger partial charge in [-0.2, -0.15) is 0 Å². The van der Waals surface area contributed by atoms with Crippen molar-refractivity contribution in [2.45, 2.75) is 12.7 Å². The maximum absolute atomic E-state index is 11.3. The summed E-state index contributed by atoms with van der Waals surface area (Å²) in [6.45, 7) is 0.674. The molecule has 7 nitrogen and oxygen atoms in total. The lowest BCUT2D eigenvalue weighted by molar-refractivity contribution is -0.211. The van der Waals surface area contributed by atoms with Gasteiger partial charge in [0.15, 0.2) is 6.29 Å². The first-order valence-corrected chi connectivity index (χ1v) is 5.96. The number of methoxy groups -OCH3 is 1. The van der Waals surface area contributed by atoms with Crippen molar-refractivity contribution >= 4 is 17.8 Å². The third-order valence-corrected chi connectivity index (χ3v) is 2.99. The van der Waals surface area contributed by atoms with Crippen LogP contribution in [0.1, 0.15) is 6.42 Å². The standard InChI is InChI=1S/C12H15NO6/c1-17-12(16)8-6-18-11(19-7-8)4-5-13-9(14)2-3-10(13)15/h2-3,8,11H,4-7H2,1H3. The van der Waals surface area contributed by atoms with E-state index in [9.17, 15) is 14.4 Å². The minimum absolute atomic E-state index is 0.220. The first kappa shape index (κ1) is 13.7. The molecule has 2 aliphatic rings. The van der Waals surface area contributed by atoms with Crippen molar-refractivity contribution in [1.82, 2.24) is 4.90 Å². The number of carbonyl (C=O) groups excluding carboxylic acids is 3. The Labute approximate surface area is 110 Å². The summed E-state index contributed by atoms with van der Waals surface area (Å²) in [7, 11) is 1.31. The van der Waals surface area contributed by atoms with Crippen LogP contribution in [0.4, 0.5) is 0 Å². The molecular formula is C12H15NO6. The summed E-state index contributed by atoms with van der Waals surface area (Å²) in [6, 6.07) is 0. The third kappa shape index (κ3) is 3.18. The summed E-state index contributed by atoms with van der Waals surface area (Å²) in [5.41, 5.74) is 0. The zero-order valence-corrected chi connectivity index (χ0v) is 10.5. The summed E-state index contributed by atoms with van der Waals surface area (Å²) < 4.78 is 15.3. The van der Waals surface area contributed by atoms with Crippen LogP contribution in [-0.2, 0) is 28.6 Å². The lowest BCUT2D eigenvalue weighted by Crippen LogP contribution is -2.39. The van der Waals surface area contributed by atoms with Gasteiger partial charge in [0.2, 0.25) is 0 Å².